The molecule has 1 N–H and O–H groups in total. The third-order valence-corrected chi connectivity index (χ3v) is 4.01. The van der Waals surface area contributed by atoms with Gasteiger partial charge in [0, 0.05) is 6.04 Å². The van der Waals surface area contributed by atoms with E-state index in [4.69, 9.17) is 9.47 Å². The molecule has 0 atom stereocenters. The van der Waals surface area contributed by atoms with Gasteiger partial charge in [0.25, 0.3) is 0 Å². The fourth-order valence-electron chi connectivity index (χ4n) is 2.79. The molecule has 24 heavy (non-hydrogen) atoms. The lowest BCUT2D eigenvalue weighted by molar-refractivity contribution is -0.151. The van der Waals surface area contributed by atoms with Crippen LogP contribution in [0.15, 0.2) is 30.3 Å². The molecule has 0 radical (unpaired) electrons. The molecule has 0 aromatic heterocycles. The average Bonchev–Trinajstić information content (AvgIpc) is 2.52. The Balaban J connectivity index is 1.70. The van der Waals surface area contributed by atoms with Crippen LogP contribution in [0.5, 0.6) is 0 Å². The zero-order valence-corrected chi connectivity index (χ0v) is 14.7. The number of benzene rings is 1. The summed E-state index contributed by atoms with van der Waals surface area (Å²) in [5, 5.41) is 2.88. The molecular weight excluding hydrogens is 306 g/mol. The van der Waals surface area contributed by atoms with Crippen LogP contribution in [0.1, 0.15) is 52.0 Å². The van der Waals surface area contributed by atoms with Crippen LogP contribution in [-0.2, 0) is 20.9 Å². The van der Waals surface area contributed by atoms with E-state index in [0.717, 1.165) is 31.2 Å². The fourth-order valence-corrected chi connectivity index (χ4v) is 2.79. The number of nitrogens with one attached hydrogen (secondary N) is 1. The van der Waals surface area contributed by atoms with Crippen molar-refractivity contribution in [3.63, 3.8) is 0 Å². The highest BCUT2D eigenvalue weighted by Crippen LogP contribution is 2.26. The summed E-state index contributed by atoms with van der Waals surface area (Å²) in [6.45, 7) is 5.83. The van der Waals surface area contributed by atoms with Crippen LogP contribution in [0.4, 0.5) is 4.79 Å². The maximum Gasteiger partial charge on any atom is 0.407 e. The van der Waals surface area contributed by atoms with Crippen molar-refractivity contribution >= 4 is 12.1 Å². The Morgan fingerprint density at radius 3 is 2.29 bits per heavy atom. The number of hydrogen-bond acceptors (Lipinski definition) is 4. The summed E-state index contributed by atoms with van der Waals surface area (Å²) in [5.74, 6) is -0.222. The van der Waals surface area contributed by atoms with E-state index in [0.29, 0.717) is 6.61 Å². The van der Waals surface area contributed by atoms with Crippen molar-refractivity contribution in [1.82, 2.24) is 5.32 Å². The van der Waals surface area contributed by atoms with Gasteiger partial charge in [0.1, 0.15) is 12.2 Å². The summed E-state index contributed by atoms with van der Waals surface area (Å²) >= 11 is 0. The van der Waals surface area contributed by atoms with E-state index in [1.165, 1.54) is 0 Å². The zero-order chi connectivity index (χ0) is 17.6. The van der Waals surface area contributed by atoms with Crippen molar-refractivity contribution in [2.75, 3.05) is 0 Å². The molecule has 1 saturated carbocycles. The number of alkyl carbamates (subject to hydrolysis) is 1. The first-order valence-corrected chi connectivity index (χ1v) is 8.53. The van der Waals surface area contributed by atoms with Crippen LogP contribution in [0.2, 0.25) is 0 Å². The monoisotopic (exact) mass is 333 g/mol. The molecule has 132 valence electrons. The Hall–Kier alpha value is -2.04. The molecular formula is C19H27NO4. The molecule has 1 aromatic carbocycles. The molecule has 1 fully saturated rings. The minimum atomic E-state index is -0.497. The topological polar surface area (TPSA) is 64.6 Å². The van der Waals surface area contributed by atoms with Crippen LogP contribution in [0.25, 0.3) is 0 Å². The maximum atomic E-state index is 12.2. The molecule has 1 aliphatic carbocycles. The van der Waals surface area contributed by atoms with E-state index in [-0.39, 0.29) is 17.9 Å². The van der Waals surface area contributed by atoms with Crippen molar-refractivity contribution < 1.29 is 19.1 Å². The van der Waals surface area contributed by atoms with Crippen molar-refractivity contribution in [2.24, 2.45) is 5.92 Å². The highest BCUT2D eigenvalue weighted by atomic mass is 16.6. The van der Waals surface area contributed by atoms with E-state index < -0.39 is 11.7 Å². The first-order chi connectivity index (χ1) is 11.3. The number of ether oxygens (including phenoxy) is 2. The maximum absolute atomic E-state index is 12.2. The number of carbonyl (C=O) groups is 2. The second-order valence-electron chi connectivity index (χ2n) is 7.29. The number of rotatable bonds is 4. The van der Waals surface area contributed by atoms with Gasteiger partial charge in [-0.05, 0) is 52.0 Å². The third-order valence-electron chi connectivity index (χ3n) is 4.01. The number of amides is 1. The van der Waals surface area contributed by atoms with Gasteiger partial charge < -0.3 is 14.8 Å². The smallest absolute Gasteiger partial charge is 0.407 e. The Bertz CT molecular complexity index is 542. The van der Waals surface area contributed by atoms with Gasteiger partial charge in [0.05, 0.1) is 5.92 Å². The largest absolute Gasteiger partial charge is 0.461 e. The minimum absolute atomic E-state index is 0.0676. The predicted molar refractivity (Wildman–Crippen MR) is 91.4 cm³/mol. The molecule has 0 heterocycles. The minimum Gasteiger partial charge on any atom is -0.461 e. The second kappa shape index (κ2) is 8.18. The van der Waals surface area contributed by atoms with Crippen molar-refractivity contribution in [2.45, 2.75) is 64.7 Å². The summed E-state index contributed by atoms with van der Waals surface area (Å²) in [6, 6.07) is 9.74. The van der Waals surface area contributed by atoms with Crippen LogP contribution in [0.3, 0.4) is 0 Å². The van der Waals surface area contributed by atoms with Crippen molar-refractivity contribution in [1.29, 1.82) is 0 Å². The van der Waals surface area contributed by atoms with Crippen molar-refractivity contribution in [3.8, 4) is 0 Å². The molecule has 0 bridgehead atoms. The van der Waals surface area contributed by atoms with Gasteiger partial charge in [0.15, 0.2) is 0 Å². The molecule has 5 heteroatoms. The standard InChI is InChI=1S/C19H27NO4/c1-19(2,3)24-18(22)20-16-11-9-15(10-12-16)17(21)23-13-14-7-5-4-6-8-14/h4-8,15-16H,9-13H2,1-3H3,(H,20,22). The second-order valence-corrected chi connectivity index (χ2v) is 7.29. The van der Waals surface area contributed by atoms with E-state index in [1.54, 1.807) is 0 Å². The van der Waals surface area contributed by atoms with Gasteiger partial charge in [-0.25, -0.2) is 4.79 Å². The van der Waals surface area contributed by atoms with E-state index in [9.17, 15) is 9.59 Å². The summed E-state index contributed by atoms with van der Waals surface area (Å²) in [7, 11) is 0. The summed E-state index contributed by atoms with van der Waals surface area (Å²) < 4.78 is 10.7. The van der Waals surface area contributed by atoms with E-state index in [1.807, 2.05) is 51.1 Å². The van der Waals surface area contributed by atoms with Gasteiger partial charge in [-0.2, -0.15) is 0 Å². The number of esters is 1. The van der Waals surface area contributed by atoms with Crippen molar-refractivity contribution in [3.05, 3.63) is 35.9 Å². The quantitative estimate of drug-likeness (QED) is 0.851. The zero-order valence-electron chi connectivity index (χ0n) is 14.7. The fraction of sp³-hybridized carbons (Fsp3) is 0.579. The van der Waals surface area contributed by atoms with E-state index >= 15 is 0 Å². The Labute approximate surface area is 143 Å². The molecule has 0 saturated heterocycles. The third kappa shape index (κ3) is 6.22. The molecule has 0 spiro atoms. The summed E-state index contributed by atoms with van der Waals surface area (Å²) in [4.78, 5) is 23.9. The lowest BCUT2D eigenvalue weighted by atomic mass is 9.86. The molecule has 0 unspecified atom stereocenters. The number of carbonyl (C=O) groups excluding carboxylic acids is 2. The summed E-state index contributed by atoms with van der Waals surface area (Å²) in [6.07, 6.45) is 2.61. The number of hydrogen-bond donors (Lipinski definition) is 1. The van der Waals surface area contributed by atoms with Gasteiger partial charge in [-0.3, -0.25) is 4.79 Å². The Morgan fingerprint density at radius 2 is 1.71 bits per heavy atom. The Kier molecular flexibility index (Phi) is 6.23. The van der Waals surface area contributed by atoms with Crippen LogP contribution in [-0.4, -0.2) is 23.7 Å². The highest BCUT2D eigenvalue weighted by Gasteiger charge is 2.29. The lowest BCUT2D eigenvalue weighted by Gasteiger charge is -2.29. The van der Waals surface area contributed by atoms with Gasteiger partial charge in [-0.15, -0.1) is 0 Å². The first-order valence-electron chi connectivity index (χ1n) is 8.53. The lowest BCUT2D eigenvalue weighted by Crippen LogP contribution is -2.41. The molecule has 1 aliphatic rings. The SMILES string of the molecule is CC(C)(C)OC(=O)NC1CCC(C(=O)OCc2ccccc2)CC1. The first kappa shape index (κ1) is 18.3. The molecule has 1 amide bonds. The molecule has 5 nitrogen and oxygen atoms in total. The molecule has 2 rings (SSSR count). The van der Waals surface area contributed by atoms with Crippen LogP contribution < -0.4 is 5.32 Å². The van der Waals surface area contributed by atoms with Gasteiger partial charge >= 0.3 is 12.1 Å². The molecule has 1 aromatic rings. The highest BCUT2D eigenvalue weighted by molar-refractivity contribution is 5.72. The average molecular weight is 333 g/mol. The van der Waals surface area contributed by atoms with Gasteiger partial charge in [-0.1, -0.05) is 30.3 Å². The Morgan fingerprint density at radius 1 is 1.08 bits per heavy atom. The van der Waals surface area contributed by atoms with E-state index in [2.05, 4.69) is 5.32 Å². The van der Waals surface area contributed by atoms with Crippen LogP contribution >= 0.6 is 0 Å². The van der Waals surface area contributed by atoms with Gasteiger partial charge in [0.2, 0.25) is 0 Å². The normalized spacial score (nSPS) is 21.0. The van der Waals surface area contributed by atoms with Crippen LogP contribution in [0, 0.1) is 5.92 Å². The summed E-state index contributed by atoms with van der Waals surface area (Å²) in [5.41, 5.74) is 0.494. The predicted octanol–water partition coefficient (Wildman–Crippen LogP) is 3.81. The molecule has 0 aliphatic heterocycles.